The van der Waals surface area contributed by atoms with Crippen molar-refractivity contribution in [2.45, 2.75) is 0 Å². The third-order valence-corrected chi connectivity index (χ3v) is 1.83. The van der Waals surface area contributed by atoms with Gasteiger partial charge in [-0.3, -0.25) is 0 Å². The van der Waals surface area contributed by atoms with Crippen LogP contribution >= 0.6 is 25.6 Å². The topological polar surface area (TPSA) is 0 Å². The van der Waals surface area contributed by atoms with Gasteiger partial charge in [-0.1, -0.05) is 30.3 Å². The summed E-state index contributed by atoms with van der Waals surface area (Å²) in [5.74, 6) is 0. The number of halogens is 1. The molecule has 2 heteroatoms. The molecule has 1 rings (SSSR count). The molecule has 0 nitrogen and oxygen atoms in total. The van der Waals surface area contributed by atoms with Crippen LogP contribution in [0.3, 0.4) is 0 Å². The third-order valence-electron chi connectivity index (χ3n) is 1.01. The van der Waals surface area contributed by atoms with Crippen molar-refractivity contribution in [1.82, 2.24) is 0 Å². The molecule has 0 aliphatic rings. The van der Waals surface area contributed by atoms with Gasteiger partial charge in [0.15, 0.2) is 0 Å². The van der Waals surface area contributed by atoms with Crippen molar-refractivity contribution >= 4 is 30.9 Å². The summed E-state index contributed by atoms with van der Waals surface area (Å²) in [5.41, 5.74) is 0. The fourth-order valence-corrected chi connectivity index (χ4v) is 1.05. The zero-order valence-electron chi connectivity index (χ0n) is 5.24. The van der Waals surface area contributed by atoms with Crippen molar-refractivity contribution in [2.24, 2.45) is 0 Å². The Labute approximate surface area is 68.2 Å². The quantitative estimate of drug-likeness (QED) is 0.616. The minimum Gasteiger partial charge on any atom is -0.114 e. The summed E-state index contributed by atoms with van der Waals surface area (Å²) in [6.45, 7) is 2.13. The largest absolute Gasteiger partial charge is 0.114 e. The van der Waals surface area contributed by atoms with Crippen molar-refractivity contribution in [1.29, 1.82) is 0 Å². The summed E-state index contributed by atoms with van der Waals surface area (Å²) >= 11 is 0. The van der Waals surface area contributed by atoms with Gasteiger partial charge in [-0.15, -0.1) is 17.0 Å². The summed E-state index contributed by atoms with van der Waals surface area (Å²) in [4.78, 5) is 0. The van der Waals surface area contributed by atoms with Gasteiger partial charge >= 0.3 is 0 Å². The average Bonchev–Trinajstić information content (AvgIpc) is 1.90. The molecular weight excluding hydrogens is 195 g/mol. The molecule has 0 bridgehead atoms. The molecule has 0 atom stereocenters. The smallest absolute Gasteiger partial charge is 0.0196 e. The molecule has 0 aliphatic heterocycles. The van der Waals surface area contributed by atoms with E-state index in [1.54, 1.807) is 0 Å². The summed E-state index contributed by atoms with van der Waals surface area (Å²) in [5, 5.41) is 1.38. The van der Waals surface area contributed by atoms with Crippen LogP contribution in [-0.2, 0) is 0 Å². The van der Waals surface area contributed by atoms with Gasteiger partial charge < -0.3 is 0 Å². The zero-order valence-corrected chi connectivity index (χ0v) is 7.85. The summed E-state index contributed by atoms with van der Waals surface area (Å²) in [7, 11) is 1.35. The van der Waals surface area contributed by atoms with Gasteiger partial charge in [0.25, 0.3) is 0 Å². The standard InChI is InChI=1S/C7H8P.BrH/c1-8-7-5-3-2-4-6-7;/h2-6H,1H3;1H. The van der Waals surface area contributed by atoms with Crippen LogP contribution in [0, 0.1) is 0 Å². The van der Waals surface area contributed by atoms with Gasteiger partial charge in [0.1, 0.15) is 0 Å². The second-order valence-electron chi connectivity index (χ2n) is 1.56. The molecule has 0 saturated heterocycles. The molecule has 0 heterocycles. The van der Waals surface area contributed by atoms with Crippen LogP contribution in [-0.4, -0.2) is 6.66 Å². The minimum absolute atomic E-state index is 0. The second kappa shape index (κ2) is 4.96. The Bertz CT molecular complexity index is 150. The van der Waals surface area contributed by atoms with Crippen molar-refractivity contribution in [3.8, 4) is 0 Å². The number of hydrogen-bond donors (Lipinski definition) is 0. The fourth-order valence-electron chi connectivity index (χ4n) is 0.577. The van der Waals surface area contributed by atoms with Crippen LogP contribution in [0.5, 0.6) is 0 Å². The molecule has 0 spiro atoms. The maximum Gasteiger partial charge on any atom is -0.0196 e. The Hall–Kier alpha value is 0.130. The molecule has 0 unspecified atom stereocenters. The predicted octanol–water partition coefficient (Wildman–Crippen LogP) is 2.47. The lowest BCUT2D eigenvalue weighted by Gasteiger charge is -1.88. The molecule has 1 radical (unpaired) electrons. The zero-order chi connectivity index (χ0) is 5.82. The first-order valence-electron chi connectivity index (χ1n) is 2.58. The van der Waals surface area contributed by atoms with Crippen LogP contribution in [0.1, 0.15) is 0 Å². The molecule has 0 aromatic heterocycles. The first-order valence-corrected chi connectivity index (χ1v) is 3.92. The van der Waals surface area contributed by atoms with Crippen LogP contribution in [0.4, 0.5) is 0 Å². The predicted molar refractivity (Wildman–Crippen MR) is 49.2 cm³/mol. The maximum absolute atomic E-state index is 2.13. The summed E-state index contributed by atoms with van der Waals surface area (Å²) in [6.07, 6.45) is 0. The number of rotatable bonds is 1. The minimum atomic E-state index is 0. The molecule has 1 aromatic rings. The molecule has 1 aromatic carbocycles. The van der Waals surface area contributed by atoms with E-state index in [9.17, 15) is 0 Å². The van der Waals surface area contributed by atoms with E-state index in [1.807, 2.05) is 6.07 Å². The molecule has 9 heavy (non-hydrogen) atoms. The van der Waals surface area contributed by atoms with Gasteiger partial charge in [0, 0.05) is 0 Å². The van der Waals surface area contributed by atoms with E-state index in [2.05, 4.69) is 30.9 Å². The van der Waals surface area contributed by atoms with Gasteiger partial charge in [-0.05, 0) is 20.6 Å². The molecule has 0 fully saturated rings. The first kappa shape index (κ1) is 9.13. The highest BCUT2D eigenvalue weighted by Crippen LogP contribution is 2.00. The van der Waals surface area contributed by atoms with Crippen LogP contribution < -0.4 is 5.30 Å². The van der Waals surface area contributed by atoms with Gasteiger partial charge in [0.05, 0.1) is 0 Å². The SMILES string of the molecule is Br.C[P]c1ccccc1. The van der Waals surface area contributed by atoms with E-state index >= 15 is 0 Å². The maximum atomic E-state index is 2.13. The monoisotopic (exact) mass is 203 g/mol. The molecule has 0 N–H and O–H groups in total. The lowest BCUT2D eigenvalue weighted by molar-refractivity contribution is 1.78. The van der Waals surface area contributed by atoms with Gasteiger partial charge in [-0.2, -0.15) is 0 Å². The summed E-state index contributed by atoms with van der Waals surface area (Å²) in [6, 6.07) is 10.4. The van der Waals surface area contributed by atoms with Crippen LogP contribution in [0.15, 0.2) is 30.3 Å². The Balaban J connectivity index is 0.000000640. The first-order chi connectivity index (χ1) is 3.93. The lowest BCUT2D eigenvalue weighted by atomic mass is 10.4. The van der Waals surface area contributed by atoms with E-state index in [-0.39, 0.29) is 17.0 Å². The van der Waals surface area contributed by atoms with E-state index in [0.29, 0.717) is 0 Å². The Morgan fingerprint density at radius 3 is 2.00 bits per heavy atom. The van der Waals surface area contributed by atoms with Crippen molar-refractivity contribution in [3.63, 3.8) is 0 Å². The lowest BCUT2D eigenvalue weighted by Crippen LogP contribution is -1.87. The van der Waals surface area contributed by atoms with E-state index in [1.165, 1.54) is 13.9 Å². The van der Waals surface area contributed by atoms with Crippen molar-refractivity contribution in [3.05, 3.63) is 30.3 Å². The van der Waals surface area contributed by atoms with Crippen molar-refractivity contribution in [2.75, 3.05) is 6.66 Å². The van der Waals surface area contributed by atoms with E-state index < -0.39 is 0 Å². The molecule has 0 aliphatic carbocycles. The van der Waals surface area contributed by atoms with Gasteiger partial charge in [-0.25, -0.2) is 0 Å². The number of hydrogen-bond acceptors (Lipinski definition) is 0. The normalized spacial score (nSPS) is 9.44. The molecular formula is C7H9BrP. The Kier molecular flexibility index (Phi) is 5.03. The molecule has 49 valence electrons. The third kappa shape index (κ3) is 2.98. The fraction of sp³-hybridized carbons (Fsp3) is 0.143. The highest BCUT2D eigenvalue weighted by Gasteiger charge is 1.80. The summed E-state index contributed by atoms with van der Waals surface area (Å²) < 4.78 is 0. The molecule has 0 saturated carbocycles. The Morgan fingerprint density at radius 2 is 1.67 bits per heavy atom. The van der Waals surface area contributed by atoms with E-state index in [4.69, 9.17) is 0 Å². The van der Waals surface area contributed by atoms with Crippen molar-refractivity contribution < 1.29 is 0 Å². The van der Waals surface area contributed by atoms with Gasteiger partial charge in [0.2, 0.25) is 0 Å². The highest BCUT2D eigenvalue weighted by atomic mass is 79.9. The second-order valence-corrected chi connectivity index (χ2v) is 2.52. The molecule has 0 amide bonds. The Morgan fingerprint density at radius 1 is 1.11 bits per heavy atom. The van der Waals surface area contributed by atoms with Crippen LogP contribution in [0.2, 0.25) is 0 Å². The van der Waals surface area contributed by atoms with Crippen LogP contribution in [0.25, 0.3) is 0 Å². The number of benzene rings is 1. The highest BCUT2D eigenvalue weighted by molar-refractivity contribution is 8.93. The van der Waals surface area contributed by atoms with E-state index in [0.717, 1.165) is 0 Å². The average molecular weight is 204 g/mol.